The molecular formula is C53H56F2N8O6. The number of alkyl halides is 2. The Morgan fingerprint density at radius 3 is 2.16 bits per heavy atom. The first-order valence-electron chi connectivity index (χ1n) is 23.3. The van der Waals surface area contributed by atoms with Gasteiger partial charge in [-0.05, 0) is 108 Å². The standard InChI is InChI=1S/C52H52F2N8O6.CH4/c1-27(2)42(59-49(65)67-3)47(63)61-26-51(18-19-51)24-41(61)45-55-25-40(58-45)31-12-16-35-34-15-11-29(21-36(34)52(53,54)37(35)22-31)30-13-17-38-39(23-30)57-46(56-38)44-32-10-14-33(20-32)62(44)48(64)43(60-50(66)68-4)28-8-6-5-7-9-28;/h5-9,11-13,15-17,21-23,25,27,32-33,41-44H,10,14,18-20,24,26H2,1-4H3,(H,55,58)(H,56,57)(H,59,65)(H,60,66);1H4/t32-,33+,41-,42-,43+,44-;/m0./s1. The van der Waals surface area contributed by atoms with Crippen LogP contribution in [-0.2, 0) is 25.0 Å². The SMILES string of the molecule is C.COC(=O)N[C@H](C(=O)N1CC2(CC2)C[C@H]1c1ncc(-c2ccc3c(c2)C(F)(F)c2cc(-c4ccc5nc([C@@H]6[C@H]7CC[C@H](C7)N6C(=O)[C@H](NC(=O)OC)c6ccccc6)[nH]c5c4)ccc2-3)[nH]1)C(C)C. The van der Waals surface area contributed by atoms with Crippen LogP contribution in [0.2, 0.25) is 0 Å². The largest absolute Gasteiger partial charge is 0.453 e. The molecule has 14 nitrogen and oxygen atoms in total. The minimum absolute atomic E-state index is 0. The average Bonchev–Trinajstić information content (AvgIpc) is 4.01. The zero-order valence-electron chi connectivity index (χ0n) is 38.1. The first kappa shape index (κ1) is 45.7. The Balaban J connectivity index is 0.00000553. The van der Waals surface area contributed by atoms with Gasteiger partial charge in [-0.2, -0.15) is 8.78 Å². The van der Waals surface area contributed by atoms with Crippen molar-refractivity contribution in [1.29, 1.82) is 0 Å². The maximum absolute atomic E-state index is 16.7. The number of alkyl carbamates (subject to hydrolysis) is 2. The fraction of sp³-hybridized carbons (Fsp3) is 0.396. The van der Waals surface area contributed by atoms with Crippen molar-refractivity contribution in [2.75, 3.05) is 20.8 Å². The van der Waals surface area contributed by atoms with Gasteiger partial charge in [-0.3, -0.25) is 9.59 Å². The number of piperidine rings is 1. The number of carbonyl (C=O) groups excluding carboxylic acids is 4. The first-order valence-corrected chi connectivity index (χ1v) is 23.3. The predicted octanol–water partition coefficient (Wildman–Crippen LogP) is 9.96. The number of benzene rings is 4. The Labute approximate surface area is 398 Å². The Hall–Kier alpha value is -7.10. The third-order valence-electron chi connectivity index (χ3n) is 15.1. The Morgan fingerprint density at radius 1 is 0.797 bits per heavy atom. The van der Waals surface area contributed by atoms with Crippen LogP contribution in [-0.4, -0.2) is 86.6 Å². The number of fused-ring (bicyclic) bond motifs is 6. The zero-order valence-corrected chi connectivity index (χ0v) is 38.1. The number of H-pyrrole nitrogens is 2. The van der Waals surface area contributed by atoms with E-state index in [1.54, 1.807) is 29.3 Å². The van der Waals surface area contributed by atoms with Gasteiger partial charge in [0.1, 0.15) is 23.7 Å². The van der Waals surface area contributed by atoms with E-state index in [4.69, 9.17) is 19.4 Å². The van der Waals surface area contributed by atoms with Crippen molar-refractivity contribution in [3.05, 3.63) is 119 Å². The molecule has 4 heterocycles. The summed E-state index contributed by atoms with van der Waals surface area (Å²) in [6.07, 6.45) is 5.60. The molecule has 0 radical (unpaired) electrons. The van der Waals surface area contributed by atoms with E-state index in [0.717, 1.165) is 44.1 Å². The number of likely N-dealkylation sites (tertiary alicyclic amines) is 2. The molecule has 2 aromatic heterocycles. The minimum Gasteiger partial charge on any atom is -0.453 e. The van der Waals surface area contributed by atoms with Gasteiger partial charge < -0.3 is 39.9 Å². The van der Waals surface area contributed by atoms with E-state index in [1.165, 1.54) is 20.3 Å². The normalized spacial score (nSPS) is 22.0. The lowest BCUT2D eigenvalue weighted by Crippen LogP contribution is -2.51. The molecule has 2 saturated heterocycles. The quantitative estimate of drug-likeness (QED) is 0.105. The van der Waals surface area contributed by atoms with E-state index in [0.29, 0.717) is 62.7 Å². The molecule has 0 unspecified atom stereocenters. The third-order valence-corrected chi connectivity index (χ3v) is 15.1. The number of ether oxygens (including phenoxy) is 2. The predicted molar refractivity (Wildman–Crippen MR) is 255 cm³/mol. The molecule has 11 rings (SSSR count). The van der Waals surface area contributed by atoms with Crippen LogP contribution in [0.5, 0.6) is 0 Å². The second kappa shape index (κ2) is 17.1. The number of nitrogens with one attached hydrogen (secondary N) is 4. The van der Waals surface area contributed by atoms with Crippen molar-refractivity contribution >= 4 is 35.0 Å². The van der Waals surface area contributed by atoms with Crippen molar-refractivity contribution in [2.24, 2.45) is 17.3 Å². The smallest absolute Gasteiger partial charge is 0.407 e. The van der Waals surface area contributed by atoms with Crippen molar-refractivity contribution in [3.8, 4) is 33.5 Å². The van der Waals surface area contributed by atoms with Crippen LogP contribution in [0.1, 0.15) is 106 Å². The highest BCUT2D eigenvalue weighted by Gasteiger charge is 2.56. The molecule has 2 aliphatic heterocycles. The number of hydrogen-bond acceptors (Lipinski definition) is 8. The van der Waals surface area contributed by atoms with Gasteiger partial charge in [0.2, 0.25) is 5.91 Å². The molecule has 4 aromatic carbocycles. The topological polar surface area (TPSA) is 175 Å². The molecule has 5 aliphatic rings. The number of methoxy groups -OCH3 is 2. The maximum atomic E-state index is 16.7. The lowest BCUT2D eigenvalue weighted by molar-refractivity contribution is -0.138. The van der Waals surface area contributed by atoms with Crippen molar-refractivity contribution in [1.82, 2.24) is 40.4 Å². The van der Waals surface area contributed by atoms with Crippen LogP contribution in [0.15, 0.2) is 91.1 Å². The number of nitrogens with zero attached hydrogens (tertiary/aromatic N) is 4. The lowest BCUT2D eigenvalue weighted by Gasteiger charge is -2.36. The number of amides is 4. The summed E-state index contributed by atoms with van der Waals surface area (Å²) < 4.78 is 43.2. The van der Waals surface area contributed by atoms with Gasteiger partial charge in [-0.15, -0.1) is 0 Å². The van der Waals surface area contributed by atoms with Crippen LogP contribution in [0.3, 0.4) is 0 Å². The van der Waals surface area contributed by atoms with E-state index < -0.39 is 30.2 Å². The molecule has 4 fully saturated rings. The van der Waals surface area contributed by atoms with E-state index in [-0.39, 0.29) is 65.7 Å². The van der Waals surface area contributed by atoms with Crippen LogP contribution in [0.4, 0.5) is 18.4 Å². The summed E-state index contributed by atoms with van der Waals surface area (Å²) in [6.45, 7) is 4.30. The zero-order chi connectivity index (χ0) is 47.2. The second-order valence-corrected chi connectivity index (χ2v) is 19.6. The van der Waals surface area contributed by atoms with Gasteiger partial charge in [-0.1, -0.05) is 81.9 Å². The number of halogens is 2. The summed E-state index contributed by atoms with van der Waals surface area (Å²) in [5.41, 5.74) is 5.25. The third kappa shape index (κ3) is 7.77. The summed E-state index contributed by atoms with van der Waals surface area (Å²) in [7, 11) is 2.53. The number of rotatable bonds is 10. The average molecular weight is 939 g/mol. The van der Waals surface area contributed by atoms with Crippen LogP contribution in [0.25, 0.3) is 44.5 Å². The number of aromatic nitrogens is 4. The molecule has 1 spiro atoms. The van der Waals surface area contributed by atoms with Gasteiger partial charge in [-0.25, -0.2) is 19.6 Å². The summed E-state index contributed by atoms with van der Waals surface area (Å²) >= 11 is 0. The van der Waals surface area contributed by atoms with Crippen LogP contribution in [0, 0.1) is 17.3 Å². The van der Waals surface area contributed by atoms with Gasteiger partial charge >= 0.3 is 12.2 Å². The number of aromatic amines is 2. The highest BCUT2D eigenvalue weighted by atomic mass is 19.3. The molecule has 16 heteroatoms. The van der Waals surface area contributed by atoms with E-state index in [1.807, 2.05) is 79.4 Å². The maximum Gasteiger partial charge on any atom is 0.407 e. The lowest BCUT2D eigenvalue weighted by atomic mass is 9.96. The van der Waals surface area contributed by atoms with Crippen molar-refractivity contribution < 1.29 is 37.4 Å². The second-order valence-electron chi connectivity index (χ2n) is 19.6. The molecule has 69 heavy (non-hydrogen) atoms. The molecule has 6 atom stereocenters. The first-order chi connectivity index (χ1) is 32.8. The monoisotopic (exact) mass is 938 g/mol. The molecule has 2 bridgehead atoms. The number of carbonyl (C=O) groups is 4. The molecular weight excluding hydrogens is 883 g/mol. The van der Waals surface area contributed by atoms with E-state index in [2.05, 4.69) is 20.6 Å². The summed E-state index contributed by atoms with van der Waals surface area (Å²) in [5, 5.41) is 5.45. The highest BCUT2D eigenvalue weighted by Crippen LogP contribution is 2.59. The minimum atomic E-state index is -3.30. The number of hydrogen-bond donors (Lipinski definition) is 4. The molecule has 358 valence electrons. The van der Waals surface area contributed by atoms with Crippen molar-refractivity contribution in [2.45, 2.75) is 95.9 Å². The summed E-state index contributed by atoms with van der Waals surface area (Å²) in [6, 6.07) is 22.6. The Kier molecular flexibility index (Phi) is 11.3. The van der Waals surface area contributed by atoms with Gasteiger partial charge in [0.15, 0.2) is 0 Å². The van der Waals surface area contributed by atoms with Crippen molar-refractivity contribution in [3.63, 3.8) is 0 Å². The van der Waals surface area contributed by atoms with Crippen LogP contribution >= 0.6 is 0 Å². The van der Waals surface area contributed by atoms with Crippen LogP contribution < -0.4 is 10.6 Å². The van der Waals surface area contributed by atoms with E-state index in [9.17, 15) is 19.2 Å². The van der Waals surface area contributed by atoms with Gasteiger partial charge in [0, 0.05) is 29.3 Å². The number of imidazole rings is 2. The Bertz CT molecular complexity index is 3000. The molecule has 4 N–H and O–H groups in total. The highest BCUT2D eigenvalue weighted by molar-refractivity contribution is 5.90. The summed E-state index contributed by atoms with van der Waals surface area (Å²) in [5.74, 6) is -2.52. The molecule has 3 aliphatic carbocycles. The fourth-order valence-corrected chi connectivity index (χ4v) is 11.4. The Morgan fingerprint density at radius 2 is 1.46 bits per heavy atom. The van der Waals surface area contributed by atoms with Gasteiger partial charge in [0.05, 0.1) is 49.2 Å². The van der Waals surface area contributed by atoms with E-state index >= 15 is 8.78 Å². The molecule has 4 amide bonds. The molecule has 6 aromatic rings. The molecule has 2 saturated carbocycles. The van der Waals surface area contributed by atoms with Gasteiger partial charge in [0.25, 0.3) is 11.8 Å². The fourth-order valence-electron chi connectivity index (χ4n) is 11.4. The summed E-state index contributed by atoms with van der Waals surface area (Å²) in [4.78, 5) is 73.3.